The number of hydrogen-bond acceptors (Lipinski definition) is 8. The van der Waals surface area contributed by atoms with E-state index >= 15 is 0 Å². The van der Waals surface area contributed by atoms with Crippen LogP contribution in [-0.2, 0) is 37.2 Å². The Bertz CT molecular complexity index is 2090. The van der Waals surface area contributed by atoms with Gasteiger partial charge in [0.1, 0.15) is 24.5 Å². The molecule has 0 saturated carbocycles. The van der Waals surface area contributed by atoms with Crippen LogP contribution < -0.4 is 20.1 Å². The Hall–Kier alpha value is -5.46. The summed E-state index contributed by atoms with van der Waals surface area (Å²) in [7, 11) is -3.54. The zero-order valence-corrected chi connectivity index (χ0v) is 27.7. The molecular weight excluding hydrogens is 670 g/mol. The lowest BCUT2D eigenvalue weighted by molar-refractivity contribution is -0.139. The van der Waals surface area contributed by atoms with Crippen LogP contribution in [0.4, 0.5) is 11.4 Å². The Labute approximate surface area is 287 Å². The van der Waals surface area contributed by atoms with Gasteiger partial charge in [-0.25, -0.2) is 18.2 Å². The number of sulfone groups is 1. The third kappa shape index (κ3) is 10.3. The summed E-state index contributed by atoms with van der Waals surface area (Å²) in [5.41, 5.74) is 2.83. The minimum absolute atomic E-state index is 0.0828. The first kappa shape index (κ1) is 34.9. The molecule has 49 heavy (non-hydrogen) atoms. The van der Waals surface area contributed by atoms with Gasteiger partial charge in [-0.1, -0.05) is 48.0 Å². The molecule has 0 radical (unpaired) electrons. The fourth-order valence-corrected chi connectivity index (χ4v) is 6.31. The Morgan fingerprint density at radius 2 is 1.59 bits per heavy atom. The average molecular weight is 702 g/mol. The van der Waals surface area contributed by atoms with Crippen LogP contribution in [0.3, 0.4) is 0 Å². The predicted octanol–water partition coefficient (Wildman–Crippen LogP) is 6.30. The van der Waals surface area contributed by atoms with E-state index in [1.54, 1.807) is 36.4 Å². The van der Waals surface area contributed by atoms with Crippen molar-refractivity contribution in [3.8, 4) is 11.5 Å². The molecule has 0 aliphatic heterocycles. The van der Waals surface area contributed by atoms with Gasteiger partial charge < -0.3 is 25.2 Å². The van der Waals surface area contributed by atoms with E-state index in [0.717, 1.165) is 16.6 Å². The second-order valence-electron chi connectivity index (χ2n) is 11.0. The molecule has 4 aromatic carbocycles. The number of carboxylic acids is 1. The van der Waals surface area contributed by atoms with Crippen molar-refractivity contribution >= 4 is 61.5 Å². The Morgan fingerprint density at radius 1 is 0.816 bits per heavy atom. The molecule has 0 fully saturated rings. The number of amides is 2. The van der Waals surface area contributed by atoms with Gasteiger partial charge in [0.05, 0.1) is 27.5 Å². The number of halogens is 1. The number of aliphatic carboxylic acids is 1. The summed E-state index contributed by atoms with van der Waals surface area (Å²) in [6.07, 6.45) is 0.0659. The first-order valence-electron chi connectivity index (χ1n) is 15.2. The summed E-state index contributed by atoms with van der Waals surface area (Å²) in [5.74, 6) is -2.03. The third-order valence-electron chi connectivity index (χ3n) is 7.20. The number of nitrogens with zero attached hydrogens (tertiary/aromatic N) is 1. The molecule has 2 amide bonds. The second kappa shape index (κ2) is 16.1. The van der Waals surface area contributed by atoms with Crippen molar-refractivity contribution in [1.29, 1.82) is 0 Å². The number of carbonyl (C=O) groups excluding carboxylic acids is 2. The van der Waals surface area contributed by atoms with Crippen molar-refractivity contribution in [3.05, 3.63) is 119 Å². The number of carboxylic acid groups (broad SMARTS) is 1. The van der Waals surface area contributed by atoms with Crippen LogP contribution in [0.5, 0.6) is 11.5 Å². The van der Waals surface area contributed by atoms with Gasteiger partial charge in [-0.3, -0.25) is 9.59 Å². The molecule has 0 atom stereocenters. The molecule has 1 aromatic heterocycles. The van der Waals surface area contributed by atoms with Crippen molar-refractivity contribution in [1.82, 2.24) is 4.98 Å². The predicted molar refractivity (Wildman–Crippen MR) is 186 cm³/mol. The Morgan fingerprint density at radius 3 is 2.39 bits per heavy atom. The topological polar surface area (TPSA) is 161 Å². The van der Waals surface area contributed by atoms with E-state index < -0.39 is 40.6 Å². The molecule has 0 unspecified atom stereocenters. The minimum Gasteiger partial charge on any atom is -0.487 e. The SMILES string of the molecule is O=C(O)COc1ccc(CCCS(=O)(=O)c2ccc(Cl)cc2)cc1NC(=O)CC(=O)Nc1cccc(OCc2ccc3ccccc3n2)c1. The highest BCUT2D eigenvalue weighted by molar-refractivity contribution is 7.91. The standard InChI is InChI=1S/C36H32ClN3O8S/c37-26-12-15-30(16-13-26)49(45,46)18-4-5-24-10-17-33(48-23-36(43)44)32(19-24)40-35(42)21-34(41)39-27-7-3-8-29(20-27)47-22-28-14-11-25-6-1-2-9-31(25)38-28/h1-3,6-17,19-20H,4-5,18,21-23H2,(H,39,41)(H,40,42)(H,43,44). The van der Waals surface area contributed by atoms with Crippen LogP contribution >= 0.6 is 11.6 Å². The van der Waals surface area contributed by atoms with Crippen molar-refractivity contribution < 1.29 is 37.4 Å². The van der Waals surface area contributed by atoms with Gasteiger partial charge in [0.2, 0.25) is 11.8 Å². The number of para-hydroxylation sites is 1. The molecule has 0 spiro atoms. The largest absolute Gasteiger partial charge is 0.487 e. The minimum atomic E-state index is -3.54. The molecule has 1 heterocycles. The molecule has 11 nitrogen and oxygen atoms in total. The molecule has 0 saturated heterocycles. The van der Waals surface area contributed by atoms with Gasteiger partial charge in [-0.2, -0.15) is 0 Å². The van der Waals surface area contributed by atoms with Crippen LogP contribution in [-0.4, -0.2) is 48.7 Å². The zero-order valence-electron chi connectivity index (χ0n) is 26.1. The number of carbonyl (C=O) groups is 3. The molecule has 0 bridgehead atoms. The van der Waals surface area contributed by atoms with Crippen LogP contribution in [0.15, 0.2) is 108 Å². The van der Waals surface area contributed by atoms with Gasteiger partial charge in [-0.15, -0.1) is 0 Å². The van der Waals surface area contributed by atoms with Crippen molar-refractivity contribution in [3.63, 3.8) is 0 Å². The molecule has 5 rings (SSSR count). The zero-order chi connectivity index (χ0) is 34.8. The normalized spacial score (nSPS) is 11.1. The first-order chi connectivity index (χ1) is 23.5. The molecular formula is C36H32ClN3O8S. The molecule has 13 heteroatoms. The number of aryl methyl sites for hydroxylation is 1. The van der Waals surface area contributed by atoms with E-state index in [0.29, 0.717) is 28.4 Å². The van der Waals surface area contributed by atoms with E-state index in [1.165, 1.54) is 30.3 Å². The monoisotopic (exact) mass is 701 g/mol. The lowest BCUT2D eigenvalue weighted by atomic mass is 10.1. The quantitative estimate of drug-likeness (QED) is 0.106. The summed E-state index contributed by atoms with van der Waals surface area (Å²) < 4.78 is 36.6. The second-order valence-corrected chi connectivity index (χ2v) is 13.5. The third-order valence-corrected chi connectivity index (χ3v) is 9.27. The number of aromatic nitrogens is 1. The van der Waals surface area contributed by atoms with Crippen molar-refractivity contribution in [2.45, 2.75) is 30.8 Å². The average Bonchev–Trinajstić information content (AvgIpc) is 3.07. The smallest absolute Gasteiger partial charge is 0.341 e. The number of ether oxygens (including phenoxy) is 2. The number of nitrogens with one attached hydrogen (secondary N) is 2. The van der Waals surface area contributed by atoms with Crippen molar-refractivity contribution in [2.24, 2.45) is 0 Å². The molecule has 5 aromatic rings. The highest BCUT2D eigenvalue weighted by Crippen LogP contribution is 2.28. The van der Waals surface area contributed by atoms with E-state index in [9.17, 15) is 22.8 Å². The van der Waals surface area contributed by atoms with E-state index in [1.807, 2.05) is 36.4 Å². The first-order valence-corrected chi connectivity index (χ1v) is 17.2. The maximum absolute atomic E-state index is 12.9. The summed E-state index contributed by atoms with van der Waals surface area (Å²) in [6.45, 7) is -0.439. The Kier molecular flexibility index (Phi) is 11.4. The lowest BCUT2D eigenvalue weighted by Gasteiger charge is -2.14. The number of rotatable bonds is 15. The van der Waals surface area contributed by atoms with Gasteiger partial charge >= 0.3 is 5.97 Å². The number of benzene rings is 4. The van der Waals surface area contributed by atoms with Crippen molar-refractivity contribution in [2.75, 3.05) is 23.0 Å². The van der Waals surface area contributed by atoms with E-state index in [4.69, 9.17) is 26.2 Å². The lowest BCUT2D eigenvalue weighted by Crippen LogP contribution is -2.22. The van der Waals surface area contributed by atoms with Crippen LogP contribution in [0, 0.1) is 0 Å². The van der Waals surface area contributed by atoms with Crippen LogP contribution in [0.25, 0.3) is 10.9 Å². The molecule has 3 N–H and O–H groups in total. The van der Waals surface area contributed by atoms with Gasteiger partial charge in [0.15, 0.2) is 16.4 Å². The summed E-state index contributed by atoms with van der Waals surface area (Å²) in [6, 6.07) is 29.0. The highest BCUT2D eigenvalue weighted by Gasteiger charge is 2.17. The Balaban J connectivity index is 1.17. The molecule has 252 valence electrons. The van der Waals surface area contributed by atoms with Gasteiger partial charge in [0, 0.05) is 22.2 Å². The van der Waals surface area contributed by atoms with E-state index in [2.05, 4.69) is 15.6 Å². The van der Waals surface area contributed by atoms with Gasteiger partial charge in [-0.05, 0) is 79.1 Å². The van der Waals surface area contributed by atoms with Crippen LogP contribution in [0.2, 0.25) is 5.02 Å². The van der Waals surface area contributed by atoms with E-state index in [-0.39, 0.29) is 35.1 Å². The number of hydrogen-bond donors (Lipinski definition) is 3. The number of anilines is 2. The fourth-order valence-electron chi connectivity index (χ4n) is 4.88. The number of fused-ring (bicyclic) bond motifs is 1. The highest BCUT2D eigenvalue weighted by atomic mass is 35.5. The van der Waals surface area contributed by atoms with Gasteiger partial charge in [0.25, 0.3) is 0 Å². The maximum atomic E-state index is 12.9. The maximum Gasteiger partial charge on any atom is 0.341 e. The molecule has 0 aliphatic rings. The number of pyridine rings is 1. The summed E-state index contributed by atoms with van der Waals surface area (Å²) in [4.78, 5) is 41.5. The summed E-state index contributed by atoms with van der Waals surface area (Å²) in [5, 5.41) is 15.8. The fraction of sp³-hybridized carbons (Fsp3) is 0.167. The van der Waals surface area contributed by atoms with Crippen LogP contribution in [0.1, 0.15) is 24.1 Å². The molecule has 0 aliphatic carbocycles. The summed E-state index contributed by atoms with van der Waals surface area (Å²) >= 11 is 5.86.